The van der Waals surface area contributed by atoms with Crippen LogP contribution in [0.15, 0.2) is 30.3 Å². The molecule has 0 aromatic heterocycles. The summed E-state index contributed by atoms with van der Waals surface area (Å²) in [4.78, 5) is 2.73. The van der Waals surface area contributed by atoms with E-state index >= 15 is 0 Å². The summed E-state index contributed by atoms with van der Waals surface area (Å²) in [7, 11) is 0. The fourth-order valence-electron chi connectivity index (χ4n) is 3.62. The van der Waals surface area contributed by atoms with Gasteiger partial charge in [-0.3, -0.25) is 4.90 Å². The van der Waals surface area contributed by atoms with Crippen LogP contribution in [0.5, 0.6) is 0 Å². The van der Waals surface area contributed by atoms with Gasteiger partial charge in [0.05, 0.1) is 0 Å². The molecule has 1 heterocycles. The summed E-state index contributed by atoms with van der Waals surface area (Å²) in [6, 6.07) is 12.7. The van der Waals surface area contributed by atoms with Gasteiger partial charge in [0.1, 0.15) is 0 Å². The number of likely N-dealkylation sites (tertiary alicyclic amines) is 1. The summed E-state index contributed by atoms with van der Waals surface area (Å²) >= 11 is 0. The van der Waals surface area contributed by atoms with E-state index in [-0.39, 0.29) is 0 Å². The predicted molar refractivity (Wildman–Crippen MR) is 91.4 cm³/mol. The minimum absolute atomic E-state index is 0.480. The Bertz CT molecular complexity index is 415. The fraction of sp³-hybridized carbons (Fsp3) is 0.684. The number of rotatable bonds is 5. The number of benzene rings is 1. The van der Waals surface area contributed by atoms with Gasteiger partial charge in [0.15, 0.2) is 0 Å². The molecule has 4 atom stereocenters. The second-order valence-electron chi connectivity index (χ2n) is 7.24. The van der Waals surface area contributed by atoms with Gasteiger partial charge in [0.25, 0.3) is 0 Å². The van der Waals surface area contributed by atoms with E-state index in [1.807, 2.05) is 0 Å². The van der Waals surface area contributed by atoms with E-state index in [2.05, 4.69) is 75.2 Å². The molecule has 1 aromatic rings. The lowest BCUT2D eigenvalue weighted by molar-refractivity contribution is 0.0386. The minimum Gasteiger partial charge on any atom is -0.313 e. The van der Waals surface area contributed by atoms with Gasteiger partial charge in [-0.15, -0.1) is 0 Å². The van der Waals surface area contributed by atoms with Gasteiger partial charge in [-0.05, 0) is 30.7 Å². The van der Waals surface area contributed by atoms with Crippen molar-refractivity contribution < 1.29 is 0 Å². The van der Waals surface area contributed by atoms with Crippen LogP contribution in [-0.2, 0) is 0 Å². The van der Waals surface area contributed by atoms with E-state index in [0.29, 0.717) is 18.1 Å². The Hall–Kier alpha value is -0.860. The maximum atomic E-state index is 3.65. The van der Waals surface area contributed by atoms with Crippen LogP contribution < -0.4 is 5.32 Å². The molecule has 2 heteroatoms. The van der Waals surface area contributed by atoms with E-state index in [4.69, 9.17) is 0 Å². The Morgan fingerprint density at radius 3 is 2.43 bits per heavy atom. The molecule has 21 heavy (non-hydrogen) atoms. The third-order valence-electron chi connectivity index (χ3n) is 4.95. The molecular formula is C19H32N2. The molecule has 1 saturated heterocycles. The molecule has 1 fully saturated rings. The summed E-state index contributed by atoms with van der Waals surface area (Å²) in [5.74, 6) is 1.57. The Balaban J connectivity index is 2.21. The third-order valence-corrected chi connectivity index (χ3v) is 4.95. The lowest BCUT2D eigenvalue weighted by Crippen LogP contribution is -2.50. The number of piperidine rings is 1. The normalized spacial score (nSPS) is 28.8. The van der Waals surface area contributed by atoms with Gasteiger partial charge >= 0.3 is 0 Å². The Morgan fingerprint density at radius 2 is 1.81 bits per heavy atom. The summed E-state index contributed by atoms with van der Waals surface area (Å²) in [6.45, 7) is 13.9. The molecule has 0 radical (unpaired) electrons. The zero-order valence-electron chi connectivity index (χ0n) is 14.3. The maximum absolute atomic E-state index is 3.65. The molecule has 1 aromatic carbocycles. The van der Waals surface area contributed by atoms with E-state index in [1.54, 1.807) is 0 Å². The number of nitrogens with one attached hydrogen (secondary N) is 1. The van der Waals surface area contributed by atoms with Crippen molar-refractivity contribution in [1.29, 1.82) is 0 Å². The van der Waals surface area contributed by atoms with E-state index in [1.165, 1.54) is 18.5 Å². The van der Waals surface area contributed by atoms with Crippen molar-refractivity contribution in [1.82, 2.24) is 10.2 Å². The van der Waals surface area contributed by atoms with Crippen LogP contribution in [0.4, 0.5) is 0 Å². The molecule has 0 amide bonds. The Morgan fingerprint density at radius 1 is 1.14 bits per heavy atom. The van der Waals surface area contributed by atoms with Crippen LogP contribution in [0.2, 0.25) is 0 Å². The van der Waals surface area contributed by atoms with Gasteiger partial charge in [0.2, 0.25) is 0 Å². The molecule has 1 aliphatic rings. The molecule has 1 N–H and O–H groups in total. The quantitative estimate of drug-likeness (QED) is 0.878. The van der Waals surface area contributed by atoms with Crippen LogP contribution in [0.25, 0.3) is 0 Å². The van der Waals surface area contributed by atoms with E-state index in [0.717, 1.165) is 18.4 Å². The second kappa shape index (κ2) is 7.42. The van der Waals surface area contributed by atoms with E-state index in [9.17, 15) is 0 Å². The Labute approximate surface area is 130 Å². The topological polar surface area (TPSA) is 15.3 Å². The zero-order chi connectivity index (χ0) is 15.4. The number of hydrogen-bond donors (Lipinski definition) is 1. The van der Waals surface area contributed by atoms with Crippen molar-refractivity contribution in [3.63, 3.8) is 0 Å². The first-order valence-corrected chi connectivity index (χ1v) is 8.53. The molecular weight excluding hydrogens is 256 g/mol. The average Bonchev–Trinajstić information content (AvgIpc) is 2.45. The number of nitrogens with zero attached hydrogens (tertiary/aromatic N) is 1. The van der Waals surface area contributed by atoms with Crippen molar-refractivity contribution in [2.75, 3.05) is 13.1 Å². The first-order valence-electron chi connectivity index (χ1n) is 8.53. The summed E-state index contributed by atoms with van der Waals surface area (Å²) in [5.41, 5.74) is 1.44. The van der Waals surface area contributed by atoms with Crippen LogP contribution >= 0.6 is 0 Å². The summed E-state index contributed by atoms with van der Waals surface area (Å²) < 4.78 is 0. The molecule has 2 nitrogen and oxygen atoms in total. The third kappa shape index (κ3) is 4.31. The van der Waals surface area contributed by atoms with Gasteiger partial charge in [-0.25, -0.2) is 0 Å². The number of hydrogen-bond acceptors (Lipinski definition) is 2. The maximum Gasteiger partial charge on any atom is 0.0475 e. The van der Waals surface area contributed by atoms with Crippen molar-refractivity contribution in [3.8, 4) is 0 Å². The molecule has 4 unspecified atom stereocenters. The van der Waals surface area contributed by atoms with Gasteiger partial charge < -0.3 is 5.32 Å². The zero-order valence-corrected chi connectivity index (χ0v) is 14.3. The standard InChI is InChI=1S/C19H32N2/c1-14(2)20-12-19(18-9-7-6-8-10-18)21-13-15(3)11-16(4)17(21)5/h6-10,14-17,19-20H,11-13H2,1-5H3. The van der Waals surface area contributed by atoms with Crippen molar-refractivity contribution in [2.45, 2.75) is 59.2 Å². The van der Waals surface area contributed by atoms with Gasteiger partial charge in [-0.2, -0.15) is 0 Å². The molecule has 0 saturated carbocycles. The van der Waals surface area contributed by atoms with Crippen molar-refractivity contribution in [3.05, 3.63) is 35.9 Å². The van der Waals surface area contributed by atoms with E-state index < -0.39 is 0 Å². The van der Waals surface area contributed by atoms with Gasteiger partial charge in [-0.1, -0.05) is 58.0 Å². The lowest BCUT2D eigenvalue weighted by atomic mass is 9.84. The van der Waals surface area contributed by atoms with Crippen LogP contribution in [0.1, 0.15) is 52.6 Å². The summed E-state index contributed by atoms with van der Waals surface area (Å²) in [5, 5.41) is 3.65. The predicted octanol–water partition coefficient (Wildman–Crippen LogP) is 4.09. The Kier molecular flexibility index (Phi) is 5.83. The minimum atomic E-state index is 0.480. The first kappa shape index (κ1) is 16.5. The van der Waals surface area contributed by atoms with Crippen LogP contribution in [-0.4, -0.2) is 30.1 Å². The highest BCUT2D eigenvalue weighted by Gasteiger charge is 2.33. The fourth-order valence-corrected chi connectivity index (χ4v) is 3.62. The molecule has 1 aliphatic heterocycles. The molecule has 2 rings (SSSR count). The molecule has 118 valence electrons. The average molecular weight is 288 g/mol. The summed E-state index contributed by atoms with van der Waals surface area (Å²) in [6.07, 6.45) is 1.36. The van der Waals surface area contributed by atoms with Crippen molar-refractivity contribution >= 4 is 0 Å². The van der Waals surface area contributed by atoms with Crippen molar-refractivity contribution in [2.24, 2.45) is 11.8 Å². The monoisotopic (exact) mass is 288 g/mol. The molecule has 0 bridgehead atoms. The lowest BCUT2D eigenvalue weighted by Gasteiger charge is -2.46. The van der Waals surface area contributed by atoms with Gasteiger partial charge in [0, 0.05) is 31.2 Å². The molecule has 0 aliphatic carbocycles. The first-order chi connectivity index (χ1) is 9.99. The highest BCUT2D eigenvalue weighted by molar-refractivity contribution is 5.20. The molecule has 0 spiro atoms. The second-order valence-corrected chi connectivity index (χ2v) is 7.24. The van der Waals surface area contributed by atoms with Crippen LogP contribution in [0, 0.1) is 11.8 Å². The smallest absolute Gasteiger partial charge is 0.0475 e. The highest BCUT2D eigenvalue weighted by atomic mass is 15.2. The SMILES string of the molecule is CC1CC(C)C(C)N(C(CNC(C)C)c2ccccc2)C1. The van der Waals surface area contributed by atoms with Crippen LogP contribution in [0.3, 0.4) is 0 Å². The largest absolute Gasteiger partial charge is 0.313 e. The highest BCUT2D eigenvalue weighted by Crippen LogP contribution is 2.33.